The Bertz CT molecular complexity index is 392. The minimum Gasteiger partial charge on any atom is -0.324 e. The summed E-state index contributed by atoms with van der Waals surface area (Å²) in [5, 5.41) is 3.40. The molecule has 0 aliphatic carbocycles. The standard InChI is InChI=1S/C15H24N2/c1-10-4-5-14(12(3)11(10)2)15(16)13-6-8-17-9-7-13/h4-5,13,15,17H,6-9,16H2,1-3H3. The van der Waals surface area contributed by atoms with Crippen molar-refractivity contribution in [3.05, 3.63) is 34.4 Å². The molecule has 1 atom stereocenters. The van der Waals surface area contributed by atoms with Crippen LogP contribution in [0.5, 0.6) is 0 Å². The number of nitrogens with one attached hydrogen (secondary N) is 1. The SMILES string of the molecule is Cc1ccc(C(N)C2CCNCC2)c(C)c1C. The summed E-state index contributed by atoms with van der Waals surface area (Å²) in [7, 11) is 0. The molecule has 2 nitrogen and oxygen atoms in total. The molecule has 0 spiro atoms. The minimum absolute atomic E-state index is 0.205. The molecule has 1 aliphatic rings. The van der Waals surface area contributed by atoms with E-state index in [4.69, 9.17) is 5.73 Å². The third-order valence-corrected chi connectivity index (χ3v) is 4.35. The first kappa shape index (κ1) is 12.6. The number of rotatable bonds is 2. The molecule has 0 aromatic heterocycles. The van der Waals surface area contributed by atoms with Crippen LogP contribution in [0.25, 0.3) is 0 Å². The van der Waals surface area contributed by atoms with Crippen LogP contribution in [0.4, 0.5) is 0 Å². The minimum atomic E-state index is 0.205. The van der Waals surface area contributed by atoms with Gasteiger partial charge in [0, 0.05) is 6.04 Å². The molecule has 1 aromatic rings. The van der Waals surface area contributed by atoms with Crippen molar-refractivity contribution in [3.63, 3.8) is 0 Å². The molecule has 1 aromatic carbocycles. The smallest absolute Gasteiger partial charge is 0.0327 e. The van der Waals surface area contributed by atoms with Gasteiger partial charge < -0.3 is 11.1 Å². The zero-order chi connectivity index (χ0) is 12.4. The van der Waals surface area contributed by atoms with Crippen molar-refractivity contribution in [1.29, 1.82) is 0 Å². The first-order valence-corrected chi connectivity index (χ1v) is 6.64. The Hall–Kier alpha value is -0.860. The highest BCUT2D eigenvalue weighted by atomic mass is 14.9. The van der Waals surface area contributed by atoms with Gasteiger partial charge in [0.05, 0.1) is 0 Å². The Balaban J connectivity index is 2.24. The molecule has 17 heavy (non-hydrogen) atoms. The number of hydrogen-bond acceptors (Lipinski definition) is 2. The van der Waals surface area contributed by atoms with Gasteiger partial charge in [-0.3, -0.25) is 0 Å². The monoisotopic (exact) mass is 232 g/mol. The number of nitrogens with two attached hydrogens (primary N) is 1. The third-order valence-electron chi connectivity index (χ3n) is 4.35. The lowest BCUT2D eigenvalue weighted by molar-refractivity contribution is 0.321. The molecule has 1 unspecified atom stereocenters. The van der Waals surface area contributed by atoms with Gasteiger partial charge in [0.1, 0.15) is 0 Å². The normalized spacial score (nSPS) is 19.3. The Kier molecular flexibility index (Phi) is 3.85. The van der Waals surface area contributed by atoms with Crippen LogP contribution >= 0.6 is 0 Å². The van der Waals surface area contributed by atoms with Crippen molar-refractivity contribution in [1.82, 2.24) is 5.32 Å². The van der Waals surface area contributed by atoms with Crippen molar-refractivity contribution < 1.29 is 0 Å². The van der Waals surface area contributed by atoms with Gasteiger partial charge in [-0.05, 0) is 74.9 Å². The van der Waals surface area contributed by atoms with Crippen LogP contribution in [0.2, 0.25) is 0 Å². The lowest BCUT2D eigenvalue weighted by Gasteiger charge is -2.29. The van der Waals surface area contributed by atoms with E-state index < -0.39 is 0 Å². The maximum absolute atomic E-state index is 6.46. The summed E-state index contributed by atoms with van der Waals surface area (Å²) in [6, 6.07) is 4.64. The summed E-state index contributed by atoms with van der Waals surface area (Å²) >= 11 is 0. The van der Waals surface area contributed by atoms with E-state index >= 15 is 0 Å². The van der Waals surface area contributed by atoms with Gasteiger partial charge in [-0.15, -0.1) is 0 Å². The fourth-order valence-corrected chi connectivity index (χ4v) is 2.80. The Labute approximate surface area is 105 Å². The van der Waals surface area contributed by atoms with Crippen LogP contribution in [0.15, 0.2) is 12.1 Å². The summed E-state index contributed by atoms with van der Waals surface area (Å²) in [6.07, 6.45) is 2.40. The molecule has 0 saturated carbocycles. The van der Waals surface area contributed by atoms with E-state index in [-0.39, 0.29) is 6.04 Å². The first-order chi connectivity index (χ1) is 8.11. The predicted molar refractivity (Wildman–Crippen MR) is 73.2 cm³/mol. The lowest BCUT2D eigenvalue weighted by Crippen LogP contribution is -2.34. The molecule has 1 fully saturated rings. The zero-order valence-corrected chi connectivity index (χ0v) is 11.2. The molecule has 0 radical (unpaired) electrons. The van der Waals surface area contributed by atoms with E-state index in [2.05, 4.69) is 38.2 Å². The van der Waals surface area contributed by atoms with Crippen LogP contribution in [-0.4, -0.2) is 13.1 Å². The molecule has 2 heteroatoms. The van der Waals surface area contributed by atoms with E-state index in [0.717, 1.165) is 13.1 Å². The maximum atomic E-state index is 6.46. The van der Waals surface area contributed by atoms with Gasteiger partial charge in [0.15, 0.2) is 0 Å². The van der Waals surface area contributed by atoms with Gasteiger partial charge in [-0.1, -0.05) is 12.1 Å². The van der Waals surface area contributed by atoms with E-state index in [0.29, 0.717) is 5.92 Å². The quantitative estimate of drug-likeness (QED) is 0.822. The molecule has 1 aliphatic heterocycles. The molecular formula is C15H24N2. The second-order valence-electron chi connectivity index (χ2n) is 5.33. The highest BCUT2D eigenvalue weighted by molar-refractivity contribution is 5.40. The fraction of sp³-hybridized carbons (Fsp3) is 0.600. The second-order valence-corrected chi connectivity index (χ2v) is 5.33. The predicted octanol–water partition coefficient (Wildman–Crippen LogP) is 2.61. The third kappa shape index (κ3) is 2.53. The first-order valence-electron chi connectivity index (χ1n) is 6.64. The summed E-state index contributed by atoms with van der Waals surface area (Å²) in [4.78, 5) is 0. The molecule has 1 saturated heterocycles. The van der Waals surface area contributed by atoms with E-state index in [9.17, 15) is 0 Å². The fourth-order valence-electron chi connectivity index (χ4n) is 2.80. The van der Waals surface area contributed by atoms with Crippen molar-refractivity contribution in [2.75, 3.05) is 13.1 Å². The van der Waals surface area contributed by atoms with Crippen LogP contribution in [0.1, 0.15) is 41.1 Å². The highest BCUT2D eigenvalue weighted by Gasteiger charge is 2.23. The van der Waals surface area contributed by atoms with Gasteiger partial charge in [-0.25, -0.2) is 0 Å². The van der Waals surface area contributed by atoms with Gasteiger partial charge in [0.2, 0.25) is 0 Å². The molecular weight excluding hydrogens is 208 g/mol. The summed E-state index contributed by atoms with van der Waals surface area (Å²) in [5.41, 5.74) is 12.0. The van der Waals surface area contributed by atoms with Crippen LogP contribution in [0.3, 0.4) is 0 Å². The molecule has 2 rings (SSSR count). The summed E-state index contributed by atoms with van der Waals surface area (Å²) < 4.78 is 0. The number of hydrogen-bond donors (Lipinski definition) is 2. The van der Waals surface area contributed by atoms with Gasteiger partial charge in [0.25, 0.3) is 0 Å². The average Bonchev–Trinajstić information content (AvgIpc) is 2.36. The van der Waals surface area contributed by atoms with Crippen molar-refractivity contribution in [2.45, 2.75) is 39.7 Å². The maximum Gasteiger partial charge on any atom is 0.0327 e. The molecule has 94 valence electrons. The number of piperidine rings is 1. The van der Waals surface area contributed by atoms with Crippen molar-refractivity contribution in [2.24, 2.45) is 11.7 Å². The molecule has 0 amide bonds. The molecule has 3 N–H and O–H groups in total. The number of benzene rings is 1. The van der Waals surface area contributed by atoms with Crippen molar-refractivity contribution in [3.8, 4) is 0 Å². The van der Waals surface area contributed by atoms with E-state index in [1.807, 2.05) is 0 Å². The second kappa shape index (κ2) is 5.19. The Morgan fingerprint density at radius 3 is 2.41 bits per heavy atom. The van der Waals surface area contributed by atoms with E-state index in [1.54, 1.807) is 0 Å². The van der Waals surface area contributed by atoms with Crippen LogP contribution in [0, 0.1) is 26.7 Å². The Morgan fingerprint density at radius 1 is 1.12 bits per heavy atom. The highest BCUT2D eigenvalue weighted by Crippen LogP contribution is 2.30. The zero-order valence-electron chi connectivity index (χ0n) is 11.2. The number of aryl methyl sites for hydroxylation is 1. The topological polar surface area (TPSA) is 38.0 Å². The van der Waals surface area contributed by atoms with Crippen molar-refractivity contribution >= 4 is 0 Å². The molecule has 0 bridgehead atoms. The van der Waals surface area contributed by atoms with Crippen LogP contribution < -0.4 is 11.1 Å². The van der Waals surface area contributed by atoms with Gasteiger partial charge >= 0.3 is 0 Å². The molecule has 1 heterocycles. The largest absolute Gasteiger partial charge is 0.324 e. The average molecular weight is 232 g/mol. The van der Waals surface area contributed by atoms with Gasteiger partial charge in [-0.2, -0.15) is 0 Å². The Morgan fingerprint density at radius 2 is 1.76 bits per heavy atom. The summed E-state index contributed by atoms with van der Waals surface area (Å²) in [6.45, 7) is 8.80. The summed E-state index contributed by atoms with van der Waals surface area (Å²) in [5.74, 6) is 0.636. The van der Waals surface area contributed by atoms with Crippen LogP contribution in [-0.2, 0) is 0 Å². The lowest BCUT2D eigenvalue weighted by atomic mass is 9.83. The van der Waals surface area contributed by atoms with E-state index in [1.165, 1.54) is 35.1 Å².